The predicted octanol–water partition coefficient (Wildman–Crippen LogP) is 1.70. The van der Waals surface area contributed by atoms with Gasteiger partial charge in [-0.05, 0) is 24.6 Å². The largest absolute Gasteiger partial charge is 0.396 e. The minimum absolute atomic E-state index is 0.0928. The minimum Gasteiger partial charge on any atom is -0.396 e. The smallest absolute Gasteiger partial charge is 0.146 e. The summed E-state index contributed by atoms with van der Waals surface area (Å²) >= 11 is 0. The van der Waals surface area contributed by atoms with Gasteiger partial charge < -0.3 is 15.8 Å². The van der Waals surface area contributed by atoms with Crippen molar-refractivity contribution in [1.82, 2.24) is 5.32 Å². The summed E-state index contributed by atoms with van der Waals surface area (Å²) < 4.78 is 18.1. The van der Waals surface area contributed by atoms with Crippen molar-refractivity contribution in [3.8, 4) is 0 Å². The van der Waals surface area contributed by atoms with E-state index in [0.29, 0.717) is 6.61 Å². The van der Waals surface area contributed by atoms with E-state index in [2.05, 4.69) is 5.32 Å². The van der Waals surface area contributed by atoms with Gasteiger partial charge in [-0.15, -0.1) is 0 Å². The van der Waals surface area contributed by atoms with E-state index in [1.807, 2.05) is 13.0 Å². The summed E-state index contributed by atoms with van der Waals surface area (Å²) in [6.45, 7) is 3.35. The molecular weight excluding hydrogens is 195 g/mol. The van der Waals surface area contributed by atoms with Crippen LogP contribution in [0.2, 0.25) is 0 Å². The van der Waals surface area contributed by atoms with E-state index in [1.54, 1.807) is 13.2 Å². The Morgan fingerprint density at radius 2 is 2.27 bits per heavy atom. The van der Waals surface area contributed by atoms with Crippen LogP contribution in [0.1, 0.15) is 18.5 Å². The van der Waals surface area contributed by atoms with Crippen molar-refractivity contribution >= 4 is 5.69 Å². The molecular formula is C11H17FN2O. The molecule has 0 saturated heterocycles. The first kappa shape index (κ1) is 11.9. The van der Waals surface area contributed by atoms with Gasteiger partial charge in [0.15, 0.2) is 0 Å². The van der Waals surface area contributed by atoms with Gasteiger partial charge in [-0.3, -0.25) is 0 Å². The van der Waals surface area contributed by atoms with Crippen LogP contribution in [0.15, 0.2) is 18.2 Å². The molecule has 1 rings (SSSR count). The Kier molecular flexibility index (Phi) is 4.52. The number of nitrogens with two attached hydrogens (primary N) is 1. The molecule has 0 aliphatic carbocycles. The summed E-state index contributed by atoms with van der Waals surface area (Å²) in [4.78, 5) is 0. The molecule has 3 nitrogen and oxygen atoms in total. The van der Waals surface area contributed by atoms with Crippen LogP contribution in [-0.4, -0.2) is 20.3 Å². The van der Waals surface area contributed by atoms with Crippen LogP contribution in [0.5, 0.6) is 0 Å². The lowest BCUT2D eigenvalue weighted by atomic mass is 10.1. The predicted molar refractivity (Wildman–Crippen MR) is 59.1 cm³/mol. The molecule has 0 amide bonds. The molecule has 0 unspecified atom stereocenters. The molecule has 0 aliphatic heterocycles. The molecule has 0 fully saturated rings. The van der Waals surface area contributed by atoms with E-state index in [9.17, 15) is 4.39 Å². The van der Waals surface area contributed by atoms with E-state index in [-0.39, 0.29) is 17.5 Å². The van der Waals surface area contributed by atoms with Crippen LogP contribution in [0.25, 0.3) is 0 Å². The molecule has 84 valence electrons. The molecule has 0 radical (unpaired) electrons. The molecule has 0 aromatic heterocycles. The van der Waals surface area contributed by atoms with E-state index >= 15 is 0 Å². The highest BCUT2D eigenvalue weighted by Crippen LogP contribution is 2.17. The highest BCUT2D eigenvalue weighted by molar-refractivity contribution is 5.41. The number of nitrogen functional groups attached to an aromatic ring is 1. The van der Waals surface area contributed by atoms with Crippen LogP contribution in [0.4, 0.5) is 10.1 Å². The number of methoxy groups -OCH3 is 1. The molecule has 1 aromatic carbocycles. The van der Waals surface area contributed by atoms with Gasteiger partial charge in [-0.25, -0.2) is 4.39 Å². The van der Waals surface area contributed by atoms with E-state index in [0.717, 1.165) is 12.1 Å². The van der Waals surface area contributed by atoms with Crippen molar-refractivity contribution in [3.05, 3.63) is 29.6 Å². The number of anilines is 1. The van der Waals surface area contributed by atoms with Crippen LogP contribution in [0, 0.1) is 5.82 Å². The van der Waals surface area contributed by atoms with Gasteiger partial charge in [0.05, 0.1) is 12.3 Å². The second-order valence-electron chi connectivity index (χ2n) is 3.45. The zero-order valence-corrected chi connectivity index (χ0v) is 9.09. The first-order valence-electron chi connectivity index (χ1n) is 4.92. The molecule has 0 heterocycles. The van der Waals surface area contributed by atoms with Crippen molar-refractivity contribution in [3.63, 3.8) is 0 Å². The van der Waals surface area contributed by atoms with Crippen molar-refractivity contribution < 1.29 is 9.13 Å². The first-order chi connectivity index (χ1) is 7.15. The first-order valence-corrected chi connectivity index (χ1v) is 4.92. The second kappa shape index (κ2) is 5.68. The summed E-state index contributed by atoms with van der Waals surface area (Å²) in [5.74, 6) is -0.368. The fourth-order valence-corrected chi connectivity index (χ4v) is 1.31. The quantitative estimate of drug-likeness (QED) is 0.577. The number of benzene rings is 1. The molecule has 0 bridgehead atoms. The fourth-order valence-electron chi connectivity index (χ4n) is 1.31. The minimum atomic E-state index is -0.368. The van der Waals surface area contributed by atoms with Gasteiger partial charge in [0.25, 0.3) is 0 Å². The zero-order chi connectivity index (χ0) is 11.3. The molecule has 0 aliphatic rings. The Morgan fingerprint density at radius 1 is 1.53 bits per heavy atom. The molecule has 15 heavy (non-hydrogen) atoms. The third kappa shape index (κ3) is 3.49. The van der Waals surface area contributed by atoms with E-state index in [4.69, 9.17) is 10.5 Å². The van der Waals surface area contributed by atoms with Crippen molar-refractivity contribution in [2.75, 3.05) is 26.0 Å². The average molecular weight is 212 g/mol. The Labute approximate surface area is 89.4 Å². The molecule has 4 heteroatoms. The number of rotatable bonds is 5. The highest BCUT2D eigenvalue weighted by atomic mass is 19.1. The van der Waals surface area contributed by atoms with Crippen LogP contribution < -0.4 is 11.1 Å². The normalized spacial score (nSPS) is 12.7. The number of halogens is 1. The van der Waals surface area contributed by atoms with Crippen molar-refractivity contribution in [1.29, 1.82) is 0 Å². The molecule has 0 spiro atoms. The van der Waals surface area contributed by atoms with Gasteiger partial charge in [-0.2, -0.15) is 0 Å². The Bertz CT molecular complexity index is 317. The highest BCUT2D eigenvalue weighted by Gasteiger charge is 2.06. The van der Waals surface area contributed by atoms with Gasteiger partial charge in [0.2, 0.25) is 0 Å². The number of hydrogen-bond acceptors (Lipinski definition) is 3. The van der Waals surface area contributed by atoms with Gasteiger partial charge >= 0.3 is 0 Å². The molecule has 1 atom stereocenters. The lowest BCUT2D eigenvalue weighted by molar-refractivity contribution is 0.196. The fraction of sp³-hybridized carbons (Fsp3) is 0.455. The number of ether oxygens (including phenoxy) is 1. The third-order valence-corrected chi connectivity index (χ3v) is 2.28. The van der Waals surface area contributed by atoms with Crippen molar-refractivity contribution in [2.45, 2.75) is 13.0 Å². The lowest BCUT2D eigenvalue weighted by Gasteiger charge is -2.14. The monoisotopic (exact) mass is 212 g/mol. The Hall–Kier alpha value is -1.13. The third-order valence-electron chi connectivity index (χ3n) is 2.28. The Balaban J connectivity index is 2.57. The summed E-state index contributed by atoms with van der Waals surface area (Å²) in [5.41, 5.74) is 6.47. The lowest BCUT2D eigenvalue weighted by Crippen LogP contribution is -2.22. The topological polar surface area (TPSA) is 47.3 Å². The molecule has 1 aromatic rings. The maximum absolute atomic E-state index is 13.2. The summed E-state index contributed by atoms with van der Waals surface area (Å²) in [5, 5.41) is 3.21. The SMILES string of the molecule is COCCN[C@@H](C)c1ccc(N)c(F)c1. The maximum Gasteiger partial charge on any atom is 0.146 e. The van der Waals surface area contributed by atoms with Crippen molar-refractivity contribution in [2.24, 2.45) is 0 Å². The Morgan fingerprint density at radius 3 is 2.87 bits per heavy atom. The zero-order valence-electron chi connectivity index (χ0n) is 9.09. The van der Waals surface area contributed by atoms with Crippen LogP contribution in [0.3, 0.4) is 0 Å². The van der Waals surface area contributed by atoms with E-state index in [1.165, 1.54) is 6.07 Å². The molecule has 3 N–H and O–H groups in total. The summed E-state index contributed by atoms with van der Waals surface area (Å²) in [6, 6.07) is 4.96. The summed E-state index contributed by atoms with van der Waals surface area (Å²) in [6.07, 6.45) is 0. The molecule has 0 saturated carbocycles. The van der Waals surface area contributed by atoms with Crippen LogP contribution >= 0.6 is 0 Å². The van der Waals surface area contributed by atoms with E-state index < -0.39 is 0 Å². The van der Waals surface area contributed by atoms with Gasteiger partial charge in [0.1, 0.15) is 5.82 Å². The van der Waals surface area contributed by atoms with Gasteiger partial charge in [0, 0.05) is 19.7 Å². The second-order valence-corrected chi connectivity index (χ2v) is 3.45. The summed E-state index contributed by atoms with van der Waals surface area (Å²) in [7, 11) is 1.65. The number of nitrogens with one attached hydrogen (secondary N) is 1. The van der Waals surface area contributed by atoms with Gasteiger partial charge in [-0.1, -0.05) is 6.07 Å². The average Bonchev–Trinajstić information content (AvgIpc) is 2.22. The maximum atomic E-state index is 13.2. The number of hydrogen-bond donors (Lipinski definition) is 2. The standard InChI is InChI=1S/C11H17FN2O/c1-8(14-5-6-15-2)9-3-4-11(13)10(12)7-9/h3-4,7-8,14H,5-6,13H2,1-2H3/t8-/m0/s1. The van der Waals surface area contributed by atoms with Crippen LogP contribution in [-0.2, 0) is 4.74 Å².